The van der Waals surface area contributed by atoms with Gasteiger partial charge in [-0.2, -0.15) is 0 Å². The Balaban J connectivity index is 4.49. The topological polar surface area (TPSA) is 0 Å². The first-order chi connectivity index (χ1) is 14.9. The Morgan fingerprint density at radius 3 is 1.69 bits per heavy atom. The maximum Gasteiger partial charge on any atom is 0.00330 e. The molecule has 182 valence electrons. The third-order valence-corrected chi connectivity index (χ3v) is 7.19. The standard InChI is InChI=1S/C32H54/c1-12-32(11,23-14-17-28(7)19-21-31(10)26(4)5)24-22-29(8)16-13-15-27(6)18-20-30(9)25(2)3/h12,15,17,22,24,29-31H,1-2,4,13-14,16,18-21,23H2,3,5-11H3/b24-22+,27-15+,28-17+/t29-,30?,31?,32-/m1/s1. The van der Waals surface area contributed by atoms with Gasteiger partial charge in [0.25, 0.3) is 0 Å². The summed E-state index contributed by atoms with van der Waals surface area (Å²) in [5.74, 6) is 1.82. The van der Waals surface area contributed by atoms with E-state index in [0.29, 0.717) is 17.8 Å². The van der Waals surface area contributed by atoms with Crippen LogP contribution in [0, 0.1) is 23.2 Å². The zero-order valence-corrected chi connectivity index (χ0v) is 22.9. The molecule has 4 atom stereocenters. The highest BCUT2D eigenvalue weighted by molar-refractivity contribution is 5.10. The van der Waals surface area contributed by atoms with Crippen molar-refractivity contribution in [2.75, 3.05) is 0 Å². The molecule has 0 aromatic rings. The summed E-state index contributed by atoms with van der Waals surface area (Å²) >= 11 is 0. The minimum Gasteiger partial charge on any atom is -0.102 e. The fraction of sp³-hybridized carbons (Fsp3) is 0.625. The molecule has 2 unspecified atom stereocenters. The third-order valence-electron chi connectivity index (χ3n) is 7.19. The molecule has 0 aliphatic carbocycles. The predicted octanol–water partition coefficient (Wildman–Crippen LogP) is 10.8. The Hall–Kier alpha value is -1.56. The smallest absolute Gasteiger partial charge is 0.00330 e. The first-order valence-electron chi connectivity index (χ1n) is 12.8. The minimum atomic E-state index is 0.0699. The van der Waals surface area contributed by atoms with Gasteiger partial charge in [0, 0.05) is 5.41 Å². The van der Waals surface area contributed by atoms with Gasteiger partial charge in [0.05, 0.1) is 0 Å². The number of hydrogen-bond donors (Lipinski definition) is 0. The van der Waals surface area contributed by atoms with Crippen molar-refractivity contribution in [3.8, 4) is 0 Å². The van der Waals surface area contributed by atoms with Gasteiger partial charge in [0.2, 0.25) is 0 Å². The molecule has 0 aliphatic heterocycles. The van der Waals surface area contributed by atoms with E-state index in [9.17, 15) is 0 Å². The van der Waals surface area contributed by atoms with E-state index in [0.717, 1.165) is 19.3 Å². The van der Waals surface area contributed by atoms with Gasteiger partial charge in [-0.25, -0.2) is 0 Å². The molecule has 0 rings (SSSR count). The lowest BCUT2D eigenvalue weighted by Crippen LogP contribution is -2.09. The van der Waals surface area contributed by atoms with Crippen LogP contribution < -0.4 is 0 Å². The third kappa shape index (κ3) is 14.5. The summed E-state index contributed by atoms with van der Waals surface area (Å²) in [5.41, 5.74) is 5.68. The molecule has 0 heteroatoms. The highest BCUT2D eigenvalue weighted by atomic mass is 14.2. The summed E-state index contributed by atoms with van der Waals surface area (Å²) in [6.07, 6.45) is 21.1. The minimum absolute atomic E-state index is 0.0699. The fourth-order valence-corrected chi connectivity index (χ4v) is 3.54. The molecule has 0 aliphatic rings. The molecule has 0 amide bonds. The van der Waals surface area contributed by atoms with Gasteiger partial charge in [-0.1, -0.05) is 93.5 Å². The van der Waals surface area contributed by atoms with Crippen LogP contribution in [-0.2, 0) is 0 Å². The van der Waals surface area contributed by atoms with Crippen LogP contribution >= 0.6 is 0 Å². The lowest BCUT2D eigenvalue weighted by molar-refractivity contribution is 0.498. The molecule has 0 radical (unpaired) electrons. The van der Waals surface area contributed by atoms with E-state index in [1.165, 1.54) is 54.4 Å². The van der Waals surface area contributed by atoms with Crippen LogP contribution in [0.15, 0.2) is 72.4 Å². The first kappa shape index (κ1) is 30.4. The maximum atomic E-state index is 4.12. The van der Waals surface area contributed by atoms with Gasteiger partial charge in [-0.3, -0.25) is 0 Å². The van der Waals surface area contributed by atoms with Gasteiger partial charge >= 0.3 is 0 Å². The van der Waals surface area contributed by atoms with E-state index in [4.69, 9.17) is 0 Å². The Morgan fingerprint density at radius 1 is 0.781 bits per heavy atom. The summed E-state index contributed by atoms with van der Waals surface area (Å²) in [7, 11) is 0. The van der Waals surface area contributed by atoms with Gasteiger partial charge in [0.1, 0.15) is 0 Å². The molecule has 0 aromatic carbocycles. The number of rotatable bonds is 17. The molecule has 32 heavy (non-hydrogen) atoms. The van der Waals surface area contributed by atoms with Crippen LogP contribution in [-0.4, -0.2) is 0 Å². The molecule has 0 aromatic heterocycles. The van der Waals surface area contributed by atoms with E-state index >= 15 is 0 Å². The monoisotopic (exact) mass is 438 g/mol. The van der Waals surface area contributed by atoms with E-state index < -0.39 is 0 Å². The van der Waals surface area contributed by atoms with Crippen molar-refractivity contribution in [2.24, 2.45) is 23.2 Å². The molecule has 0 fully saturated rings. The van der Waals surface area contributed by atoms with Crippen molar-refractivity contribution in [3.05, 3.63) is 72.4 Å². The first-order valence-corrected chi connectivity index (χ1v) is 12.8. The van der Waals surface area contributed by atoms with Crippen LogP contribution in [0.3, 0.4) is 0 Å². The van der Waals surface area contributed by atoms with Crippen LogP contribution in [0.25, 0.3) is 0 Å². The molecule has 0 nitrogen and oxygen atoms in total. The number of hydrogen-bond acceptors (Lipinski definition) is 0. The molecule has 0 bridgehead atoms. The van der Waals surface area contributed by atoms with Gasteiger partial charge in [-0.05, 0) is 96.8 Å². The van der Waals surface area contributed by atoms with E-state index in [-0.39, 0.29) is 5.41 Å². The van der Waals surface area contributed by atoms with Crippen LogP contribution in [0.2, 0.25) is 0 Å². The second kappa shape index (κ2) is 16.1. The van der Waals surface area contributed by atoms with Crippen LogP contribution in [0.5, 0.6) is 0 Å². The Kier molecular flexibility index (Phi) is 15.3. The normalized spacial score (nSPS) is 17.6. The second-order valence-electron chi connectivity index (χ2n) is 10.8. The molecular formula is C32H54. The zero-order chi connectivity index (χ0) is 24.7. The zero-order valence-electron chi connectivity index (χ0n) is 22.9. The molecule has 0 heterocycles. The molecule has 0 spiro atoms. The van der Waals surface area contributed by atoms with Crippen molar-refractivity contribution in [3.63, 3.8) is 0 Å². The fourth-order valence-electron chi connectivity index (χ4n) is 3.54. The lowest BCUT2D eigenvalue weighted by Gasteiger charge is -2.22. The lowest BCUT2D eigenvalue weighted by atomic mass is 9.83. The molecule has 0 saturated carbocycles. The van der Waals surface area contributed by atoms with E-state index in [1.807, 2.05) is 0 Å². The van der Waals surface area contributed by atoms with Gasteiger partial charge in [-0.15, -0.1) is 6.58 Å². The quantitative estimate of drug-likeness (QED) is 0.198. The SMILES string of the molecule is C=C[C@@](C)(/C=C/[C@H](C)CC/C=C(\C)CCC(C)C(=C)C)CC/C=C(\C)CCC(C)C(=C)C. The Bertz CT molecular complexity index is 668. The Labute approximate surface area is 202 Å². The highest BCUT2D eigenvalue weighted by Crippen LogP contribution is 2.29. The molecular weight excluding hydrogens is 384 g/mol. The van der Waals surface area contributed by atoms with Crippen molar-refractivity contribution >= 4 is 0 Å². The van der Waals surface area contributed by atoms with Crippen molar-refractivity contribution < 1.29 is 0 Å². The average molecular weight is 439 g/mol. The number of allylic oxidation sites excluding steroid dienone is 9. The van der Waals surface area contributed by atoms with Crippen molar-refractivity contribution in [2.45, 2.75) is 107 Å². The largest absolute Gasteiger partial charge is 0.102 e. The van der Waals surface area contributed by atoms with Crippen LogP contribution in [0.4, 0.5) is 0 Å². The summed E-state index contributed by atoms with van der Waals surface area (Å²) in [6, 6.07) is 0. The maximum absolute atomic E-state index is 4.12. The summed E-state index contributed by atoms with van der Waals surface area (Å²) in [4.78, 5) is 0. The predicted molar refractivity (Wildman–Crippen MR) is 149 cm³/mol. The van der Waals surface area contributed by atoms with Gasteiger partial charge < -0.3 is 0 Å². The molecule has 0 N–H and O–H groups in total. The van der Waals surface area contributed by atoms with Gasteiger partial charge in [0.15, 0.2) is 0 Å². The molecule has 0 saturated heterocycles. The van der Waals surface area contributed by atoms with Crippen molar-refractivity contribution in [1.82, 2.24) is 0 Å². The van der Waals surface area contributed by atoms with E-state index in [1.54, 1.807) is 0 Å². The summed E-state index contributed by atoms with van der Waals surface area (Å²) in [6.45, 7) is 30.3. The summed E-state index contributed by atoms with van der Waals surface area (Å²) < 4.78 is 0. The summed E-state index contributed by atoms with van der Waals surface area (Å²) in [5, 5.41) is 0. The van der Waals surface area contributed by atoms with Crippen LogP contribution in [0.1, 0.15) is 107 Å². The Morgan fingerprint density at radius 2 is 1.25 bits per heavy atom. The average Bonchev–Trinajstić information content (AvgIpc) is 2.74. The second-order valence-corrected chi connectivity index (χ2v) is 10.8. The highest BCUT2D eigenvalue weighted by Gasteiger charge is 2.15. The van der Waals surface area contributed by atoms with E-state index in [2.05, 4.69) is 106 Å². The van der Waals surface area contributed by atoms with Crippen molar-refractivity contribution in [1.29, 1.82) is 0 Å².